The van der Waals surface area contributed by atoms with E-state index >= 15 is 0 Å². The number of rotatable bonds is 2. The molecule has 1 heterocycles. The zero-order valence-corrected chi connectivity index (χ0v) is 6.54. The molecule has 0 aliphatic carbocycles. The monoisotopic (exact) mass is 181 g/mol. The molecule has 0 bridgehead atoms. The Morgan fingerprint density at radius 1 is 1.69 bits per heavy atom. The van der Waals surface area contributed by atoms with Crippen LogP contribution in [0, 0.1) is 10.1 Å². The van der Waals surface area contributed by atoms with E-state index in [4.69, 9.17) is 11.6 Å². The Kier molecular flexibility index (Phi) is 2.38. The molecule has 0 aliphatic rings. The predicted molar refractivity (Wildman–Crippen MR) is 45.8 cm³/mol. The third-order valence-electron chi connectivity index (χ3n) is 1.36. The van der Waals surface area contributed by atoms with Gasteiger partial charge in [0.2, 0.25) is 0 Å². The molecule has 0 radical (unpaired) electrons. The number of hydrogen-bond acceptors (Lipinski definition) is 5. The third kappa shape index (κ3) is 1.89. The van der Waals surface area contributed by atoms with Crippen LogP contribution in [0.3, 0.4) is 0 Å². The maximum absolute atomic E-state index is 10.3. The lowest BCUT2D eigenvalue weighted by atomic mass is 10.3. The van der Waals surface area contributed by atoms with E-state index in [1.54, 1.807) is 0 Å². The SMILES string of the molecule is N/N=C(\N)c1cc([N+](=O)[O-])ccn1. The minimum absolute atomic E-state index is 0.0382. The smallest absolute Gasteiger partial charge is 0.273 e. The molecule has 7 nitrogen and oxygen atoms in total. The van der Waals surface area contributed by atoms with Crippen LogP contribution in [0.15, 0.2) is 23.4 Å². The van der Waals surface area contributed by atoms with Gasteiger partial charge >= 0.3 is 0 Å². The summed E-state index contributed by atoms with van der Waals surface area (Å²) in [6, 6.07) is 2.46. The molecule has 0 fully saturated rings. The Morgan fingerprint density at radius 3 is 2.92 bits per heavy atom. The van der Waals surface area contributed by atoms with Crippen LogP contribution in [0.2, 0.25) is 0 Å². The van der Waals surface area contributed by atoms with E-state index in [0.717, 1.165) is 0 Å². The standard InChI is InChI=1S/C6H7N5O2/c7-6(10-8)5-3-4(11(12)13)1-2-9-5/h1-3H,8H2,(H2,7,10). The van der Waals surface area contributed by atoms with Gasteiger partial charge in [0.1, 0.15) is 5.69 Å². The zero-order chi connectivity index (χ0) is 9.84. The van der Waals surface area contributed by atoms with Crippen LogP contribution in [0.1, 0.15) is 5.69 Å². The van der Waals surface area contributed by atoms with Crippen LogP contribution in [0.5, 0.6) is 0 Å². The van der Waals surface area contributed by atoms with Gasteiger partial charge in [0.05, 0.1) is 4.92 Å². The number of aromatic nitrogens is 1. The Hall–Kier alpha value is -2.18. The molecule has 4 N–H and O–H groups in total. The molecule has 7 heteroatoms. The number of nitrogens with two attached hydrogens (primary N) is 2. The van der Waals surface area contributed by atoms with E-state index in [1.165, 1.54) is 18.3 Å². The Balaban J connectivity index is 3.13. The van der Waals surface area contributed by atoms with Crippen molar-refractivity contribution in [3.63, 3.8) is 0 Å². The normalized spacial score (nSPS) is 11.2. The minimum Gasteiger partial charge on any atom is -0.380 e. The molecule has 13 heavy (non-hydrogen) atoms. The number of pyridine rings is 1. The van der Waals surface area contributed by atoms with Gasteiger partial charge in [-0.05, 0) is 0 Å². The molecule has 0 spiro atoms. The maximum atomic E-state index is 10.3. The second kappa shape index (κ2) is 3.48. The number of hydrazone groups is 1. The number of amidine groups is 1. The first-order valence-corrected chi connectivity index (χ1v) is 3.29. The molecular formula is C6H7N5O2. The third-order valence-corrected chi connectivity index (χ3v) is 1.36. The van der Waals surface area contributed by atoms with E-state index in [0.29, 0.717) is 0 Å². The van der Waals surface area contributed by atoms with Gasteiger partial charge in [-0.1, -0.05) is 0 Å². The van der Waals surface area contributed by atoms with Crippen molar-refractivity contribution in [2.24, 2.45) is 16.7 Å². The van der Waals surface area contributed by atoms with E-state index in [9.17, 15) is 10.1 Å². The predicted octanol–water partition coefficient (Wildman–Crippen LogP) is -0.431. The second-order valence-electron chi connectivity index (χ2n) is 2.17. The molecule has 68 valence electrons. The van der Waals surface area contributed by atoms with E-state index in [-0.39, 0.29) is 17.2 Å². The molecule has 0 amide bonds. The molecule has 0 aliphatic heterocycles. The maximum Gasteiger partial charge on any atom is 0.273 e. The Bertz CT molecular complexity index is 362. The van der Waals surface area contributed by atoms with Crippen LogP contribution in [0.25, 0.3) is 0 Å². The van der Waals surface area contributed by atoms with Gasteiger partial charge in [0, 0.05) is 18.3 Å². The fourth-order valence-electron chi connectivity index (χ4n) is 0.739. The van der Waals surface area contributed by atoms with Gasteiger partial charge in [-0.3, -0.25) is 15.1 Å². The van der Waals surface area contributed by atoms with Crippen molar-refractivity contribution in [2.45, 2.75) is 0 Å². The largest absolute Gasteiger partial charge is 0.380 e. The van der Waals surface area contributed by atoms with Crippen molar-refractivity contribution < 1.29 is 4.92 Å². The summed E-state index contributed by atoms with van der Waals surface area (Å²) in [6.45, 7) is 0. The first kappa shape index (κ1) is 8.91. The average Bonchev–Trinajstić information content (AvgIpc) is 2.17. The highest BCUT2D eigenvalue weighted by Gasteiger charge is 2.08. The summed E-state index contributed by atoms with van der Waals surface area (Å²) in [7, 11) is 0. The number of nitrogens with zero attached hydrogens (tertiary/aromatic N) is 3. The average molecular weight is 181 g/mol. The second-order valence-corrected chi connectivity index (χ2v) is 2.17. The van der Waals surface area contributed by atoms with Crippen molar-refractivity contribution >= 4 is 11.5 Å². The lowest BCUT2D eigenvalue weighted by molar-refractivity contribution is -0.384. The molecular weight excluding hydrogens is 174 g/mol. The van der Waals surface area contributed by atoms with E-state index < -0.39 is 4.92 Å². The van der Waals surface area contributed by atoms with Crippen molar-refractivity contribution in [2.75, 3.05) is 0 Å². The highest BCUT2D eigenvalue weighted by atomic mass is 16.6. The fraction of sp³-hybridized carbons (Fsp3) is 0. The first-order valence-electron chi connectivity index (χ1n) is 3.29. The van der Waals surface area contributed by atoms with Gasteiger partial charge in [-0.2, -0.15) is 5.10 Å². The Morgan fingerprint density at radius 2 is 2.38 bits per heavy atom. The van der Waals surface area contributed by atoms with Gasteiger partial charge in [-0.25, -0.2) is 0 Å². The van der Waals surface area contributed by atoms with Crippen molar-refractivity contribution in [3.05, 3.63) is 34.1 Å². The van der Waals surface area contributed by atoms with Crippen molar-refractivity contribution in [1.29, 1.82) is 0 Å². The summed E-state index contributed by atoms with van der Waals surface area (Å²) in [6.07, 6.45) is 1.27. The molecule has 1 aromatic heterocycles. The molecule has 0 aromatic carbocycles. The van der Waals surface area contributed by atoms with E-state index in [1.807, 2.05) is 0 Å². The fourth-order valence-corrected chi connectivity index (χ4v) is 0.739. The van der Waals surface area contributed by atoms with Crippen LogP contribution in [0.4, 0.5) is 5.69 Å². The van der Waals surface area contributed by atoms with Gasteiger partial charge in [-0.15, -0.1) is 0 Å². The zero-order valence-electron chi connectivity index (χ0n) is 6.54. The molecule has 0 saturated carbocycles. The lowest BCUT2D eigenvalue weighted by Crippen LogP contribution is -2.17. The van der Waals surface area contributed by atoms with Gasteiger partial charge < -0.3 is 11.6 Å². The minimum atomic E-state index is -0.547. The van der Waals surface area contributed by atoms with Gasteiger partial charge in [0.15, 0.2) is 5.84 Å². The lowest BCUT2D eigenvalue weighted by Gasteiger charge is -1.96. The summed E-state index contributed by atoms with van der Waals surface area (Å²) in [5.74, 6) is 4.85. The van der Waals surface area contributed by atoms with Crippen LogP contribution < -0.4 is 11.6 Å². The quantitative estimate of drug-likeness (QED) is 0.211. The van der Waals surface area contributed by atoms with Crippen LogP contribution >= 0.6 is 0 Å². The first-order chi connectivity index (χ1) is 6.15. The molecule has 0 unspecified atom stereocenters. The van der Waals surface area contributed by atoms with Gasteiger partial charge in [0.25, 0.3) is 5.69 Å². The summed E-state index contributed by atoms with van der Waals surface area (Å²) in [5.41, 5.74) is 5.39. The van der Waals surface area contributed by atoms with E-state index in [2.05, 4.69) is 10.1 Å². The highest BCUT2D eigenvalue weighted by Crippen LogP contribution is 2.09. The molecule has 1 rings (SSSR count). The highest BCUT2D eigenvalue weighted by molar-refractivity contribution is 5.95. The molecule has 0 atom stereocenters. The number of hydrogen-bond donors (Lipinski definition) is 2. The molecule has 1 aromatic rings. The topological polar surface area (TPSA) is 120 Å². The summed E-state index contributed by atoms with van der Waals surface area (Å²) >= 11 is 0. The summed E-state index contributed by atoms with van der Waals surface area (Å²) < 4.78 is 0. The number of nitro groups is 1. The van der Waals surface area contributed by atoms with Crippen molar-refractivity contribution in [1.82, 2.24) is 4.98 Å². The summed E-state index contributed by atoms with van der Waals surface area (Å²) in [5, 5.41) is 13.5. The van der Waals surface area contributed by atoms with Crippen molar-refractivity contribution in [3.8, 4) is 0 Å². The molecule has 0 saturated heterocycles. The Labute approximate surface area is 73.2 Å². The van der Waals surface area contributed by atoms with Crippen LogP contribution in [-0.2, 0) is 0 Å². The van der Waals surface area contributed by atoms with Crippen LogP contribution in [-0.4, -0.2) is 15.7 Å². The summed E-state index contributed by atoms with van der Waals surface area (Å²) in [4.78, 5) is 13.5.